The Balaban J connectivity index is 1.36. The largest absolute Gasteiger partial charge is 0.485 e. The third-order valence-electron chi connectivity index (χ3n) is 5.36. The Morgan fingerprint density at radius 2 is 2.06 bits per heavy atom. The molecule has 33 heavy (non-hydrogen) atoms. The number of amides is 1. The van der Waals surface area contributed by atoms with E-state index in [1.54, 1.807) is 6.92 Å². The van der Waals surface area contributed by atoms with Crippen molar-refractivity contribution in [3.8, 4) is 5.75 Å². The lowest BCUT2D eigenvalue weighted by molar-refractivity contribution is -0.113. The summed E-state index contributed by atoms with van der Waals surface area (Å²) in [4.78, 5) is 26.3. The number of hydrogen-bond acceptors (Lipinski definition) is 8. The fourth-order valence-corrected chi connectivity index (χ4v) is 5.68. The van der Waals surface area contributed by atoms with Crippen LogP contribution in [0.25, 0.3) is 0 Å². The van der Waals surface area contributed by atoms with Gasteiger partial charge in [-0.15, -0.1) is 21.5 Å². The SMILES string of the molecule is CCOC(=O)c1c(NC(=O)CSc2nnc(COc3ccccc3C)n2C)sc2c1CCC2. The van der Waals surface area contributed by atoms with Gasteiger partial charge in [0.05, 0.1) is 17.9 Å². The van der Waals surface area contributed by atoms with E-state index in [-0.39, 0.29) is 24.2 Å². The first-order valence-corrected chi connectivity index (χ1v) is 12.6. The van der Waals surface area contributed by atoms with Gasteiger partial charge in [-0.3, -0.25) is 4.79 Å². The fourth-order valence-electron chi connectivity index (χ4n) is 3.66. The van der Waals surface area contributed by atoms with Crippen molar-refractivity contribution < 1.29 is 19.1 Å². The minimum absolute atomic E-state index is 0.148. The molecular weight excluding hydrogens is 460 g/mol. The first-order chi connectivity index (χ1) is 16.0. The Labute approximate surface area is 200 Å². The average molecular weight is 487 g/mol. The van der Waals surface area contributed by atoms with E-state index in [4.69, 9.17) is 9.47 Å². The number of anilines is 1. The molecule has 174 valence electrons. The van der Waals surface area contributed by atoms with Crippen LogP contribution in [0.2, 0.25) is 0 Å². The Morgan fingerprint density at radius 1 is 1.24 bits per heavy atom. The summed E-state index contributed by atoms with van der Waals surface area (Å²) >= 11 is 2.76. The molecule has 0 unspecified atom stereocenters. The van der Waals surface area contributed by atoms with Crippen molar-refractivity contribution in [1.29, 1.82) is 0 Å². The van der Waals surface area contributed by atoms with Gasteiger partial charge >= 0.3 is 5.97 Å². The number of fused-ring (bicyclic) bond motifs is 1. The quantitative estimate of drug-likeness (QED) is 0.358. The number of benzene rings is 1. The van der Waals surface area contributed by atoms with Crippen LogP contribution in [-0.2, 0) is 36.0 Å². The van der Waals surface area contributed by atoms with Crippen LogP contribution in [0.4, 0.5) is 5.00 Å². The van der Waals surface area contributed by atoms with Crippen molar-refractivity contribution in [2.75, 3.05) is 17.7 Å². The van der Waals surface area contributed by atoms with E-state index in [1.165, 1.54) is 23.1 Å². The predicted molar refractivity (Wildman–Crippen MR) is 128 cm³/mol. The third-order valence-corrected chi connectivity index (χ3v) is 7.59. The van der Waals surface area contributed by atoms with Gasteiger partial charge in [-0.1, -0.05) is 30.0 Å². The van der Waals surface area contributed by atoms with Gasteiger partial charge in [0.15, 0.2) is 11.0 Å². The summed E-state index contributed by atoms with van der Waals surface area (Å²) in [5.74, 6) is 1.04. The van der Waals surface area contributed by atoms with Gasteiger partial charge in [-0.25, -0.2) is 4.79 Å². The molecule has 0 spiro atoms. The first kappa shape index (κ1) is 23.3. The van der Waals surface area contributed by atoms with Gasteiger partial charge < -0.3 is 19.4 Å². The van der Waals surface area contributed by atoms with Crippen LogP contribution in [-0.4, -0.2) is 39.0 Å². The molecule has 2 heterocycles. The van der Waals surface area contributed by atoms with E-state index in [1.807, 2.05) is 42.8 Å². The minimum atomic E-state index is -0.369. The molecule has 3 aromatic rings. The molecule has 0 fully saturated rings. The zero-order valence-electron chi connectivity index (χ0n) is 18.8. The van der Waals surface area contributed by atoms with E-state index >= 15 is 0 Å². The molecule has 0 aliphatic heterocycles. The maximum Gasteiger partial charge on any atom is 0.341 e. The van der Waals surface area contributed by atoms with Crippen molar-refractivity contribution in [3.63, 3.8) is 0 Å². The Kier molecular flexibility index (Phi) is 7.34. The van der Waals surface area contributed by atoms with Crippen LogP contribution in [0, 0.1) is 6.92 Å². The molecule has 0 radical (unpaired) electrons. The summed E-state index contributed by atoms with van der Waals surface area (Å²) in [5, 5.41) is 12.5. The number of rotatable bonds is 9. The van der Waals surface area contributed by atoms with Gasteiger partial charge in [0.2, 0.25) is 5.91 Å². The minimum Gasteiger partial charge on any atom is -0.485 e. The van der Waals surface area contributed by atoms with E-state index in [2.05, 4.69) is 15.5 Å². The molecule has 0 bridgehead atoms. The van der Waals surface area contributed by atoms with Crippen LogP contribution in [0.15, 0.2) is 29.4 Å². The highest BCUT2D eigenvalue weighted by Crippen LogP contribution is 2.39. The molecule has 0 saturated carbocycles. The van der Waals surface area contributed by atoms with Crippen LogP contribution in [0.3, 0.4) is 0 Å². The van der Waals surface area contributed by atoms with Gasteiger partial charge in [-0.05, 0) is 50.3 Å². The van der Waals surface area contributed by atoms with Gasteiger partial charge in [0, 0.05) is 11.9 Å². The molecule has 2 aromatic heterocycles. The number of nitrogens with one attached hydrogen (secondary N) is 1. The number of aryl methyl sites for hydroxylation is 2. The molecule has 8 nitrogen and oxygen atoms in total. The maximum absolute atomic E-state index is 12.7. The van der Waals surface area contributed by atoms with Gasteiger partial charge in [0.25, 0.3) is 0 Å². The van der Waals surface area contributed by atoms with Crippen molar-refractivity contribution in [2.24, 2.45) is 7.05 Å². The molecule has 10 heteroatoms. The molecule has 0 atom stereocenters. The lowest BCUT2D eigenvalue weighted by Crippen LogP contribution is -2.17. The summed E-state index contributed by atoms with van der Waals surface area (Å²) in [7, 11) is 1.85. The lowest BCUT2D eigenvalue weighted by atomic mass is 10.1. The van der Waals surface area contributed by atoms with E-state index in [0.717, 1.165) is 41.0 Å². The molecule has 1 N–H and O–H groups in total. The smallest absolute Gasteiger partial charge is 0.341 e. The summed E-state index contributed by atoms with van der Waals surface area (Å²) in [5.41, 5.74) is 2.59. The molecular formula is C23H26N4O4S2. The highest BCUT2D eigenvalue weighted by atomic mass is 32.2. The number of para-hydroxylation sites is 1. The monoisotopic (exact) mass is 486 g/mol. The number of esters is 1. The zero-order valence-corrected chi connectivity index (χ0v) is 20.5. The van der Waals surface area contributed by atoms with E-state index < -0.39 is 0 Å². The lowest BCUT2D eigenvalue weighted by Gasteiger charge is -2.09. The highest BCUT2D eigenvalue weighted by molar-refractivity contribution is 7.99. The van der Waals surface area contributed by atoms with Gasteiger partial charge in [-0.2, -0.15) is 0 Å². The molecule has 1 aliphatic rings. The molecule has 4 rings (SSSR count). The van der Waals surface area contributed by atoms with Crippen molar-refractivity contribution in [1.82, 2.24) is 14.8 Å². The number of thioether (sulfide) groups is 1. The summed E-state index contributed by atoms with van der Waals surface area (Å²) < 4.78 is 12.9. The summed E-state index contributed by atoms with van der Waals surface area (Å²) in [6.07, 6.45) is 2.81. The van der Waals surface area contributed by atoms with Crippen molar-refractivity contribution in [2.45, 2.75) is 44.9 Å². The number of carbonyl (C=O) groups excluding carboxylic acids is 2. The fraction of sp³-hybridized carbons (Fsp3) is 0.391. The second kappa shape index (κ2) is 10.4. The highest BCUT2D eigenvalue weighted by Gasteiger charge is 2.28. The average Bonchev–Trinajstić information content (AvgIpc) is 3.47. The zero-order chi connectivity index (χ0) is 23.4. The maximum atomic E-state index is 12.7. The third kappa shape index (κ3) is 5.22. The Bertz CT molecular complexity index is 1170. The van der Waals surface area contributed by atoms with Crippen molar-refractivity contribution in [3.05, 3.63) is 51.7 Å². The molecule has 0 saturated heterocycles. The second-order valence-corrected chi connectivity index (χ2v) is 9.68. The standard InChI is InChI=1S/C23H26N4O4S2/c1-4-30-22(29)20-15-9-7-11-17(15)33-21(20)24-19(28)13-32-23-26-25-18(27(23)3)12-31-16-10-6-5-8-14(16)2/h5-6,8,10H,4,7,9,11-13H2,1-3H3,(H,24,28). The number of aromatic nitrogens is 3. The molecule has 1 aromatic carbocycles. The topological polar surface area (TPSA) is 95.3 Å². The number of nitrogens with zero attached hydrogens (tertiary/aromatic N) is 3. The van der Waals surface area contributed by atoms with Crippen molar-refractivity contribution >= 4 is 40.0 Å². The number of carbonyl (C=O) groups is 2. The van der Waals surface area contributed by atoms with E-state index in [9.17, 15) is 9.59 Å². The predicted octanol–water partition coefficient (Wildman–Crippen LogP) is 4.16. The van der Waals surface area contributed by atoms with Crippen LogP contribution in [0.1, 0.15) is 45.5 Å². The Morgan fingerprint density at radius 3 is 2.85 bits per heavy atom. The normalized spacial score (nSPS) is 12.5. The number of hydrogen-bond donors (Lipinski definition) is 1. The van der Waals surface area contributed by atoms with Crippen LogP contribution >= 0.6 is 23.1 Å². The number of ether oxygens (including phenoxy) is 2. The first-order valence-electron chi connectivity index (χ1n) is 10.8. The van der Waals surface area contributed by atoms with E-state index in [0.29, 0.717) is 28.2 Å². The van der Waals surface area contributed by atoms with Crippen LogP contribution in [0.5, 0.6) is 5.75 Å². The van der Waals surface area contributed by atoms with Gasteiger partial charge in [0.1, 0.15) is 17.4 Å². The van der Waals surface area contributed by atoms with Crippen LogP contribution < -0.4 is 10.1 Å². The molecule has 1 amide bonds. The second-order valence-electron chi connectivity index (χ2n) is 7.63. The molecule has 1 aliphatic carbocycles. The number of thiophene rings is 1. The Hall–Kier alpha value is -2.85. The summed E-state index contributed by atoms with van der Waals surface area (Å²) in [6.45, 7) is 4.35. The summed E-state index contributed by atoms with van der Waals surface area (Å²) in [6, 6.07) is 7.79.